The normalized spacial score (nSPS) is 14.9. The van der Waals surface area contributed by atoms with Crippen molar-refractivity contribution in [3.63, 3.8) is 0 Å². The summed E-state index contributed by atoms with van der Waals surface area (Å²) in [6.07, 6.45) is 4.13. The summed E-state index contributed by atoms with van der Waals surface area (Å²) >= 11 is 0. The number of amides is 1. The predicted molar refractivity (Wildman–Crippen MR) is 120 cm³/mol. The van der Waals surface area contributed by atoms with Crippen molar-refractivity contribution in [3.05, 3.63) is 59.9 Å². The number of fused-ring (bicyclic) bond motifs is 1. The van der Waals surface area contributed by atoms with Crippen molar-refractivity contribution in [2.75, 3.05) is 11.4 Å². The van der Waals surface area contributed by atoms with Gasteiger partial charge < -0.3 is 9.15 Å². The van der Waals surface area contributed by atoms with Crippen molar-refractivity contribution in [1.82, 2.24) is 0 Å². The molecule has 0 N–H and O–H groups in total. The molecule has 1 saturated carbocycles. The molecule has 0 spiro atoms. The number of rotatable bonds is 5. The zero-order chi connectivity index (χ0) is 22.9. The van der Waals surface area contributed by atoms with Gasteiger partial charge in [-0.25, -0.2) is 17.5 Å². The van der Waals surface area contributed by atoms with Gasteiger partial charge in [0.15, 0.2) is 0 Å². The monoisotopic (exact) mass is 455 g/mol. The molecule has 8 heteroatoms. The maximum atomic E-state index is 13.6. The Morgan fingerprint density at radius 1 is 1.03 bits per heavy atom. The molecule has 0 saturated heterocycles. The number of benzene rings is 2. The molecule has 32 heavy (non-hydrogen) atoms. The summed E-state index contributed by atoms with van der Waals surface area (Å²) < 4.78 is 38.7. The van der Waals surface area contributed by atoms with E-state index in [1.54, 1.807) is 31.2 Å². The average Bonchev–Trinajstić information content (AvgIpc) is 3.14. The Morgan fingerprint density at radius 3 is 2.38 bits per heavy atom. The Labute approximate surface area is 187 Å². The van der Waals surface area contributed by atoms with E-state index in [-0.39, 0.29) is 22.1 Å². The molecule has 0 atom stereocenters. The number of carbonyl (C=O) groups is 2. The number of hydrogen-bond acceptors (Lipinski definition) is 6. The number of furan rings is 1. The summed E-state index contributed by atoms with van der Waals surface area (Å²) in [6.45, 7) is 1.64. The van der Waals surface area contributed by atoms with Crippen LogP contribution in [-0.2, 0) is 19.6 Å². The number of ether oxygens (including phenoxy) is 1. The van der Waals surface area contributed by atoms with E-state index in [0.29, 0.717) is 29.6 Å². The van der Waals surface area contributed by atoms with Crippen molar-refractivity contribution in [2.24, 2.45) is 5.92 Å². The molecule has 1 amide bonds. The molecule has 1 aromatic heterocycles. The molecule has 1 aliphatic rings. The lowest BCUT2D eigenvalue weighted by molar-refractivity contribution is -0.122. The highest BCUT2D eigenvalue weighted by atomic mass is 32.2. The van der Waals surface area contributed by atoms with Crippen LogP contribution in [-0.4, -0.2) is 27.4 Å². The number of methoxy groups -OCH3 is 1. The predicted octanol–water partition coefficient (Wildman–Crippen LogP) is 4.83. The van der Waals surface area contributed by atoms with Gasteiger partial charge in [0.2, 0.25) is 5.91 Å². The van der Waals surface area contributed by atoms with E-state index < -0.39 is 21.9 Å². The largest absolute Gasteiger partial charge is 0.465 e. The molecule has 0 bridgehead atoms. The third-order valence-corrected chi connectivity index (χ3v) is 7.65. The molecule has 2 aromatic carbocycles. The van der Waals surface area contributed by atoms with Gasteiger partial charge in [-0.2, -0.15) is 0 Å². The van der Waals surface area contributed by atoms with Gasteiger partial charge in [0, 0.05) is 11.3 Å². The minimum atomic E-state index is -4.17. The number of aryl methyl sites for hydroxylation is 1. The summed E-state index contributed by atoms with van der Waals surface area (Å²) in [4.78, 5) is 25.9. The van der Waals surface area contributed by atoms with Crippen LogP contribution in [0.3, 0.4) is 0 Å². The number of hydrogen-bond donors (Lipinski definition) is 0. The Hall–Kier alpha value is -3.13. The fraction of sp³-hybridized carbons (Fsp3) is 0.333. The lowest BCUT2D eigenvalue weighted by Crippen LogP contribution is -2.41. The summed E-state index contributed by atoms with van der Waals surface area (Å²) in [7, 11) is -2.90. The third-order valence-electron chi connectivity index (χ3n) is 5.91. The fourth-order valence-electron chi connectivity index (χ4n) is 4.29. The van der Waals surface area contributed by atoms with Crippen molar-refractivity contribution in [1.29, 1.82) is 0 Å². The van der Waals surface area contributed by atoms with Gasteiger partial charge in [-0.3, -0.25) is 4.79 Å². The minimum absolute atomic E-state index is 0.0285. The van der Waals surface area contributed by atoms with Crippen LogP contribution in [0.25, 0.3) is 11.0 Å². The fourth-order valence-corrected chi connectivity index (χ4v) is 5.78. The molecule has 0 aliphatic heterocycles. The minimum Gasteiger partial charge on any atom is -0.465 e. The van der Waals surface area contributed by atoms with Crippen LogP contribution in [0.2, 0.25) is 0 Å². The first-order chi connectivity index (χ1) is 15.3. The Kier molecular flexibility index (Phi) is 6.06. The third kappa shape index (κ3) is 3.90. The second kappa shape index (κ2) is 8.78. The molecular weight excluding hydrogens is 430 g/mol. The van der Waals surface area contributed by atoms with E-state index >= 15 is 0 Å². The van der Waals surface area contributed by atoms with Crippen LogP contribution < -0.4 is 4.31 Å². The number of nitrogens with zero attached hydrogens (tertiary/aromatic N) is 1. The smallest absolute Gasteiger partial charge is 0.342 e. The molecule has 4 rings (SSSR count). The van der Waals surface area contributed by atoms with Crippen LogP contribution in [0.15, 0.2) is 57.8 Å². The Balaban J connectivity index is 1.89. The maximum Gasteiger partial charge on any atom is 0.342 e. The van der Waals surface area contributed by atoms with Crippen molar-refractivity contribution in [3.8, 4) is 0 Å². The zero-order valence-electron chi connectivity index (χ0n) is 18.0. The van der Waals surface area contributed by atoms with Crippen LogP contribution in [0.5, 0.6) is 0 Å². The van der Waals surface area contributed by atoms with Crippen LogP contribution >= 0.6 is 0 Å². The number of anilines is 1. The molecule has 1 heterocycles. The molecule has 3 aromatic rings. The summed E-state index contributed by atoms with van der Waals surface area (Å²) in [6, 6.07) is 12.5. The zero-order valence-corrected chi connectivity index (χ0v) is 18.9. The van der Waals surface area contributed by atoms with Gasteiger partial charge in [-0.05, 0) is 50.1 Å². The first-order valence-electron chi connectivity index (χ1n) is 10.6. The standard InChI is InChI=1S/C24H25NO6S/c1-16-22(24(27)30-2)20-15-18(13-14-21(20)31-16)25(23(26)17-9-5-3-6-10-17)32(28,29)19-11-7-4-8-12-19/h4,7-8,11-15,17H,3,5-6,9-10H2,1-2H3. The second-order valence-corrected chi connectivity index (χ2v) is 9.75. The lowest BCUT2D eigenvalue weighted by Gasteiger charge is -2.29. The average molecular weight is 456 g/mol. The summed E-state index contributed by atoms with van der Waals surface area (Å²) in [5, 5.41) is 0.400. The number of esters is 1. The molecule has 1 aliphatic carbocycles. The van der Waals surface area contributed by atoms with Gasteiger partial charge in [-0.1, -0.05) is 37.5 Å². The molecule has 7 nitrogen and oxygen atoms in total. The first-order valence-corrected chi connectivity index (χ1v) is 12.0. The number of sulfonamides is 1. The summed E-state index contributed by atoms with van der Waals surface area (Å²) in [5.74, 6) is -1.05. The van der Waals surface area contributed by atoms with Gasteiger partial charge in [0.05, 0.1) is 17.7 Å². The molecule has 1 fully saturated rings. The lowest BCUT2D eigenvalue weighted by atomic mass is 9.88. The van der Waals surface area contributed by atoms with Gasteiger partial charge >= 0.3 is 5.97 Å². The van der Waals surface area contributed by atoms with Gasteiger partial charge in [-0.15, -0.1) is 0 Å². The van der Waals surface area contributed by atoms with Gasteiger partial charge in [0.25, 0.3) is 10.0 Å². The second-order valence-electron chi connectivity index (χ2n) is 7.96. The van der Waals surface area contributed by atoms with Crippen LogP contribution in [0.1, 0.15) is 48.2 Å². The van der Waals surface area contributed by atoms with Crippen LogP contribution in [0.4, 0.5) is 5.69 Å². The van der Waals surface area contributed by atoms with Gasteiger partial charge in [0.1, 0.15) is 16.9 Å². The van der Waals surface area contributed by atoms with E-state index in [9.17, 15) is 18.0 Å². The number of carbonyl (C=O) groups excluding carboxylic acids is 2. The highest BCUT2D eigenvalue weighted by molar-refractivity contribution is 7.93. The van der Waals surface area contributed by atoms with Crippen molar-refractivity contribution >= 4 is 38.6 Å². The van der Waals surface area contributed by atoms with E-state index in [4.69, 9.17) is 9.15 Å². The van der Waals surface area contributed by atoms with E-state index in [1.807, 2.05) is 0 Å². The maximum absolute atomic E-state index is 13.6. The molecule has 0 radical (unpaired) electrons. The van der Waals surface area contributed by atoms with Crippen LogP contribution in [0, 0.1) is 12.8 Å². The van der Waals surface area contributed by atoms with Crippen molar-refractivity contribution < 1.29 is 27.2 Å². The molecule has 168 valence electrons. The molecular formula is C24H25NO6S. The topological polar surface area (TPSA) is 93.9 Å². The highest BCUT2D eigenvalue weighted by Crippen LogP contribution is 2.35. The summed E-state index contributed by atoms with van der Waals surface area (Å²) in [5.41, 5.74) is 0.795. The quantitative estimate of drug-likeness (QED) is 0.512. The first kappa shape index (κ1) is 22.1. The van der Waals surface area contributed by atoms with Crippen molar-refractivity contribution in [2.45, 2.75) is 43.9 Å². The highest BCUT2D eigenvalue weighted by Gasteiger charge is 2.36. The SMILES string of the molecule is COC(=O)c1c(C)oc2ccc(N(C(=O)C3CCCCC3)S(=O)(=O)c3ccccc3)cc12. The van der Waals surface area contributed by atoms with E-state index in [0.717, 1.165) is 23.6 Å². The Bertz CT molecular complexity index is 1260. The van der Waals surface area contributed by atoms with E-state index in [2.05, 4.69) is 0 Å². The Morgan fingerprint density at radius 2 is 1.72 bits per heavy atom. The molecule has 0 unspecified atom stereocenters. The van der Waals surface area contributed by atoms with E-state index in [1.165, 1.54) is 31.4 Å².